The Morgan fingerprint density at radius 3 is 2.30 bits per heavy atom. The summed E-state index contributed by atoms with van der Waals surface area (Å²) in [5, 5.41) is 5.61. The number of rotatable bonds is 7. The Kier molecular flexibility index (Phi) is 10.5. The van der Waals surface area contributed by atoms with Crippen LogP contribution in [0.1, 0.15) is 111 Å². The average Bonchev–Trinajstić information content (AvgIpc) is 4.10. The van der Waals surface area contributed by atoms with Gasteiger partial charge in [0, 0.05) is 12.3 Å². The molecule has 1 aromatic heterocycles. The van der Waals surface area contributed by atoms with Gasteiger partial charge in [0.05, 0.1) is 22.3 Å². The number of aromatic nitrogens is 2. The van der Waals surface area contributed by atoms with Crippen molar-refractivity contribution >= 4 is 44.9 Å². The third-order valence-electron chi connectivity index (χ3n) is 12.8. The second kappa shape index (κ2) is 14.6. The maximum atomic E-state index is 16.3. The minimum Gasteiger partial charge on any atom is -0.471 e. The van der Waals surface area contributed by atoms with Crippen LogP contribution in [0.15, 0.2) is 24.3 Å². The van der Waals surface area contributed by atoms with Crippen LogP contribution in [0.2, 0.25) is 0 Å². The summed E-state index contributed by atoms with van der Waals surface area (Å²) in [5.41, 5.74) is -2.51. The number of para-hydroxylation sites is 2. The van der Waals surface area contributed by atoms with E-state index in [1.165, 1.54) is 4.90 Å². The molecule has 0 unspecified atom stereocenters. The Balaban J connectivity index is 1.28. The maximum absolute atomic E-state index is 16.3. The summed E-state index contributed by atoms with van der Waals surface area (Å²) in [7, 11) is -4.04. The monoisotopic (exact) mass is 816 g/mol. The normalized spacial score (nSPS) is 32.3. The van der Waals surface area contributed by atoms with E-state index in [1.807, 2.05) is 6.92 Å². The lowest BCUT2D eigenvalue weighted by atomic mass is 9.85. The summed E-state index contributed by atoms with van der Waals surface area (Å²) >= 11 is 0. The molecule has 312 valence electrons. The summed E-state index contributed by atoms with van der Waals surface area (Å²) in [6, 6.07) is 4.09. The van der Waals surface area contributed by atoms with Crippen LogP contribution in [0.5, 0.6) is 5.88 Å². The number of alkyl carbamates (subject to hydrolysis) is 1. The zero-order chi connectivity index (χ0) is 41.3. The number of halogens is 2. The molecule has 3 saturated carbocycles. The van der Waals surface area contributed by atoms with Gasteiger partial charge < -0.3 is 25.0 Å². The van der Waals surface area contributed by atoms with Crippen LogP contribution in [-0.4, -0.2) is 88.2 Å². The molecule has 1 aromatic carbocycles. The largest absolute Gasteiger partial charge is 0.471 e. The van der Waals surface area contributed by atoms with Gasteiger partial charge in [-0.2, -0.15) is 8.78 Å². The second-order valence-corrected chi connectivity index (χ2v) is 20.2. The van der Waals surface area contributed by atoms with Gasteiger partial charge in [-0.05, 0) is 81.3 Å². The minimum absolute atomic E-state index is 0.00476. The SMILES string of the molecule is CC[C@@H]1[C@@H]2CN(C(=O)[C@H](C(C)(C)C)NC(=O)O[C@@H]3C[C@H]3CCCCC(F)(F)c3nc4ccccc4nc3O2)[C@@H]1C(=O)N[C@]1(C(=O)NS(=O)(=O)C2(C)CC2)C[C@H]1CC. The number of ether oxygens (including phenoxy) is 2. The van der Waals surface area contributed by atoms with E-state index in [2.05, 4.69) is 25.3 Å². The Bertz CT molecular complexity index is 2060. The highest BCUT2D eigenvalue weighted by Crippen LogP contribution is 2.49. The van der Waals surface area contributed by atoms with Crippen molar-refractivity contribution in [3.8, 4) is 5.88 Å². The van der Waals surface area contributed by atoms with E-state index in [9.17, 15) is 27.6 Å². The van der Waals surface area contributed by atoms with Crippen LogP contribution >= 0.6 is 0 Å². The Morgan fingerprint density at radius 2 is 1.68 bits per heavy atom. The van der Waals surface area contributed by atoms with Gasteiger partial charge in [0.15, 0.2) is 5.69 Å². The Labute approximate surface area is 332 Å². The van der Waals surface area contributed by atoms with Gasteiger partial charge in [-0.25, -0.2) is 23.2 Å². The van der Waals surface area contributed by atoms with Gasteiger partial charge in [0.2, 0.25) is 27.7 Å². The molecule has 3 N–H and O–H groups in total. The number of hydrogen-bond acceptors (Lipinski definition) is 10. The molecule has 4 fully saturated rings. The number of amides is 4. The van der Waals surface area contributed by atoms with Crippen molar-refractivity contribution in [3.05, 3.63) is 30.0 Å². The maximum Gasteiger partial charge on any atom is 0.408 e. The van der Waals surface area contributed by atoms with E-state index in [4.69, 9.17) is 9.47 Å². The van der Waals surface area contributed by atoms with Gasteiger partial charge in [0.1, 0.15) is 29.8 Å². The lowest BCUT2D eigenvalue weighted by Gasteiger charge is -2.36. The molecule has 17 heteroatoms. The topological polar surface area (TPSA) is 186 Å². The first kappa shape index (κ1) is 41.0. The smallest absolute Gasteiger partial charge is 0.408 e. The van der Waals surface area contributed by atoms with Gasteiger partial charge >= 0.3 is 6.09 Å². The minimum atomic E-state index is -4.04. The van der Waals surface area contributed by atoms with Crippen molar-refractivity contribution in [2.75, 3.05) is 6.54 Å². The molecule has 3 aliphatic carbocycles. The number of sulfonamides is 1. The van der Waals surface area contributed by atoms with Gasteiger partial charge in [-0.1, -0.05) is 59.6 Å². The fourth-order valence-electron chi connectivity index (χ4n) is 8.53. The van der Waals surface area contributed by atoms with E-state index >= 15 is 8.78 Å². The quantitative estimate of drug-likeness (QED) is 0.340. The summed E-state index contributed by atoms with van der Waals surface area (Å²) in [4.78, 5) is 66.9. The highest BCUT2D eigenvalue weighted by atomic mass is 32.2. The summed E-state index contributed by atoms with van der Waals surface area (Å²) in [6.45, 7) is 10.2. The molecule has 2 aromatic rings. The molecule has 2 bridgehead atoms. The van der Waals surface area contributed by atoms with E-state index in [1.54, 1.807) is 58.9 Å². The number of alkyl halides is 2. The molecule has 2 aliphatic heterocycles. The zero-order valence-corrected chi connectivity index (χ0v) is 34.2. The number of nitrogens with zero attached hydrogens (tertiary/aromatic N) is 3. The summed E-state index contributed by atoms with van der Waals surface area (Å²) < 4.78 is 72.0. The molecule has 4 amide bonds. The third-order valence-corrected chi connectivity index (χ3v) is 14.9. The first-order valence-corrected chi connectivity index (χ1v) is 21.7. The fraction of sp³-hybridized carbons (Fsp3) is 0.700. The van der Waals surface area contributed by atoms with E-state index in [0.717, 1.165) is 0 Å². The number of benzene rings is 1. The zero-order valence-electron chi connectivity index (χ0n) is 33.4. The molecule has 7 rings (SSSR count). The van der Waals surface area contributed by atoms with Gasteiger partial charge in [-0.15, -0.1) is 0 Å². The molecular formula is C40H54F2N6O8S. The van der Waals surface area contributed by atoms with Crippen LogP contribution < -0.4 is 20.1 Å². The number of fused-ring (bicyclic) bond motifs is 5. The van der Waals surface area contributed by atoms with Gasteiger partial charge in [-0.3, -0.25) is 19.1 Å². The van der Waals surface area contributed by atoms with Gasteiger partial charge in [0.25, 0.3) is 11.8 Å². The van der Waals surface area contributed by atoms with E-state index < -0.39 is 104 Å². The molecule has 0 spiro atoms. The summed E-state index contributed by atoms with van der Waals surface area (Å²) in [5.74, 6) is -7.28. The van der Waals surface area contributed by atoms with Crippen molar-refractivity contribution in [2.24, 2.45) is 23.2 Å². The second-order valence-electron chi connectivity index (χ2n) is 18.0. The molecule has 8 atom stereocenters. The van der Waals surface area contributed by atoms with Crippen molar-refractivity contribution < 1.29 is 45.9 Å². The summed E-state index contributed by atoms with van der Waals surface area (Å²) in [6.07, 6.45) is 0.656. The number of hydrogen-bond donors (Lipinski definition) is 3. The average molecular weight is 817 g/mol. The van der Waals surface area contributed by atoms with Crippen LogP contribution in [0.25, 0.3) is 11.0 Å². The van der Waals surface area contributed by atoms with Crippen LogP contribution in [0.3, 0.4) is 0 Å². The Morgan fingerprint density at radius 1 is 1.00 bits per heavy atom. The van der Waals surface area contributed by atoms with Crippen molar-refractivity contribution in [3.63, 3.8) is 0 Å². The standard InChI is InChI=1S/C40H54F2N6O8S/c1-7-23-20-39(23,35(51)47-57(53,54)38(6)17-18-38)46-32(49)29-24(8-2)28-21-48(29)34(50)31(37(3,4)5)45-36(52)56-27-19-22(27)13-11-12-16-40(41,42)30-33(55-28)44-26-15-10-9-14-25(26)43-30/h9-10,14-15,22-24,27-29,31H,7-8,11-13,16-21H2,1-6H3,(H,45,52)(H,46,49)(H,47,51)/t22-,23-,24-,27-,28+,29+,31-,39-/m1/s1. The van der Waals surface area contributed by atoms with Crippen molar-refractivity contribution in [1.29, 1.82) is 0 Å². The molecule has 3 heterocycles. The molecule has 1 saturated heterocycles. The predicted molar refractivity (Wildman–Crippen MR) is 204 cm³/mol. The van der Waals surface area contributed by atoms with E-state index in [-0.39, 0.29) is 43.2 Å². The third kappa shape index (κ3) is 7.88. The van der Waals surface area contributed by atoms with Crippen molar-refractivity contribution in [2.45, 2.75) is 146 Å². The van der Waals surface area contributed by atoms with Crippen LogP contribution in [0.4, 0.5) is 13.6 Å². The fourth-order valence-corrected chi connectivity index (χ4v) is 9.84. The Hall–Kier alpha value is -4.15. The highest BCUT2D eigenvalue weighted by molar-refractivity contribution is 7.91. The van der Waals surface area contributed by atoms with Crippen molar-refractivity contribution in [1.82, 2.24) is 30.2 Å². The molecule has 57 heavy (non-hydrogen) atoms. The lowest BCUT2D eigenvalue weighted by molar-refractivity contribution is -0.143. The molecular weight excluding hydrogens is 763 g/mol. The number of nitrogens with one attached hydrogen (secondary N) is 3. The van der Waals surface area contributed by atoms with Crippen LogP contribution in [0, 0.1) is 23.2 Å². The molecule has 14 nitrogen and oxygen atoms in total. The number of carbonyl (C=O) groups excluding carboxylic acids is 4. The number of carbonyl (C=O) groups is 4. The lowest BCUT2D eigenvalue weighted by Crippen LogP contribution is -2.61. The molecule has 0 radical (unpaired) electrons. The van der Waals surface area contributed by atoms with Crippen LogP contribution in [-0.2, 0) is 35.1 Å². The predicted octanol–water partition coefficient (Wildman–Crippen LogP) is 5.09. The first-order valence-electron chi connectivity index (χ1n) is 20.2. The highest BCUT2D eigenvalue weighted by Gasteiger charge is 2.64. The van der Waals surface area contributed by atoms with E-state index in [0.29, 0.717) is 44.0 Å². The molecule has 5 aliphatic rings. The first-order chi connectivity index (χ1) is 26.7.